The second-order valence-electron chi connectivity index (χ2n) is 6.13. The zero-order valence-corrected chi connectivity index (χ0v) is 14.5. The molecule has 0 unspecified atom stereocenters. The Morgan fingerprint density at radius 3 is 2.44 bits per heavy atom. The summed E-state index contributed by atoms with van der Waals surface area (Å²) in [6.07, 6.45) is -7.93. The maximum atomic E-state index is 14.2. The topological polar surface area (TPSA) is 83.0 Å². The number of halogens is 6. The van der Waals surface area contributed by atoms with Gasteiger partial charge in [-0.3, -0.25) is 0 Å². The first-order valence-electron chi connectivity index (χ1n) is 8.23. The van der Waals surface area contributed by atoms with E-state index in [0.717, 1.165) is 6.92 Å². The Hall–Kier alpha value is -2.11. The summed E-state index contributed by atoms with van der Waals surface area (Å²) in [6.45, 7) is 3.04. The lowest BCUT2D eigenvalue weighted by Gasteiger charge is -2.27. The van der Waals surface area contributed by atoms with Crippen LogP contribution in [0.2, 0.25) is 0 Å². The van der Waals surface area contributed by atoms with Gasteiger partial charge in [0.25, 0.3) is 5.92 Å². The van der Waals surface area contributed by atoms with Gasteiger partial charge in [0.2, 0.25) is 11.9 Å². The Bertz CT molecular complexity index is 708. The molecule has 152 valence electrons. The summed E-state index contributed by atoms with van der Waals surface area (Å²) in [5.41, 5.74) is -0.391. The standard InChI is InChI=1S/C15H19F6N5O/c1-3-6-22-12-24-11(8-4-5-14(17,18)10(27)9(8)16)25-13(26-12)23-7(2)15(19,20)21/h7,10,27H,3-6H2,1-2H3,(H2,22,23,24,25,26)/t7-,10-/m1/s1. The molecule has 27 heavy (non-hydrogen) atoms. The van der Waals surface area contributed by atoms with E-state index in [1.165, 1.54) is 0 Å². The zero-order chi connectivity index (χ0) is 20.4. The summed E-state index contributed by atoms with van der Waals surface area (Å²) in [4.78, 5) is 11.4. The van der Waals surface area contributed by atoms with Crippen molar-refractivity contribution in [2.24, 2.45) is 0 Å². The Morgan fingerprint density at radius 2 is 1.85 bits per heavy atom. The minimum atomic E-state index is -4.59. The van der Waals surface area contributed by atoms with Crippen molar-refractivity contribution >= 4 is 17.5 Å². The van der Waals surface area contributed by atoms with Gasteiger partial charge in [-0.1, -0.05) is 6.92 Å². The number of hydrogen-bond donors (Lipinski definition) is 3. The van der Waals surface area contributed by atoms with Crippen molar-refractivity contribution in [3.63, 3.8) is 0 Å². The Morgan fingerprint density at radius 1 is 1.22 bits per heavy atom. The zero-order valence-electron chi connectivity index (χ0n) is 14.5. The highest BCUT2D eigenvalue weighted by Gasteiger charge is 2.46. The van der Waals surface area contributed by atoms with Crippen LogP contribution in [0.4, 0.5) is 38.2 Å². The average Bonchev–Trinajstić information content (AvgIpc) is 2.57. The van der Waals surface area contributed by atoms with Crippen LogP contribution >= 0.6 is 0 Å². The fraction of sp³-hybridized carbons (Fsp3) is 0.667. The highest BCUT2D eigenvalue weighted by molar-refractivity contribution is 5.66. The smallest absolute Gasteiger partial charge is 0.380 e. The number of nitrogens with one attached hydrogen (secondary N) is 2. The van der Waals surface area contributed by atoms with Crippen molar-refractivity contribution in [1.82, 2.24) is 15.0 Å². The third kappa shape index (κ3) is 4.99. The normalized spacial score (nSPS) is 21.1. The molecule has 0 bridgehead atoms. The first kappa shape index (κ1) is 21.2. The van der Waals surface area contributed by atoms with Crippen molar-refractivity contribution in [2.45, 2.75) is 57.4 Å². The van der Waals surface area contributed by atoms with E-state index >= 15 is 0 Å². The lowest BCUT2D eigenvalue weighted by molar-refractivity contribution is -0.138. The van der Waals surface area contributed by atoms with Crippen molar-refractivity contribution in [1.29, 1.82) is 0 Å². The monoisotopic (exact) mass is 399 g/mol. The molecule has 0 aliphatic heterocycles. The number of alkyl halides is 5. The highest BCUT2D eigenvalue weighted by atomic mass is 19.4. The van der Waals surface area contributed by atoms with Crippen molar-refractivity contribution in [2.75, 3.05) is 17.2 Å². The number of anilines is 2. The molecule has 6 nitrogen and oxygen atoms in total. The van der Waals surface area contributed by atoms with Gasteiger partial charge in [-0.15, -0.1) is 0 Å². The predicted octanol–water partition coefficient (Wildman–Crippen LogP) is 3.53. The molecule has 0 saturated heterocycles. The molecule has 0 fully saturated rings. The second kappa shape index (κ2) is 7.87. The molecule has 0 radical (unpaired) electrons. The van der Waals surface area contributed by atoms with Gasteiger partial charge in [0.1, 0.15) is 11.9 Å². The third-order valence-corrected chi connectivity index (χ3v) is 3.91. The lowest BCUT2D eigenvalue weighted by atomic mass is 9.92. The quantitative estimate of drug-likeness (QED) is 0.635. The minimum absolute atomic E-state index is 0.133. The summed E-state index contributed by atoms with van der Waals surface area (Å²) in [7, 11) is 0. The van der Waals surface area contributed by atoms with E-state index in [-0.39, 0.29) is 5.95 Å². The molecule has 12 heteroatoms. The molecule has 1 aliphatic rings. The summed E-state index contributed by atoms with van der Waals surface area (Å²) in [5, 5.41) is 14.2. The second-order valence-corrected chi connectivity index (χ2v) is 6.13. The van der Waals surface area contributed by atoms with Crippen LogP contribution in [0.5, 0.6) is 0 Å². The molecule has 1 aromatic heterocycles. The summed E-state index contributed by atoms with van der Waals surface area (Å²) >= 11 is 0. The first-order chi connectivity index (χ1) is 12.5. The summed E-state index contributed by atoms with van der Waals surface area (Å²) < 4.78 is 79.4. The average molecular weight is 399 g/mol. The molecule has 3 N–H and O–H groups in total. The fourth-order valence-corrected chi connectivity index (χ4v) is 2.28. The first-order valence-corrected chi connectivity index (χ1v) is 8.23. The van der Waals surface area contributed by atoms with Crippen LogP contribution in [0.25, 0.3) is 5.57 Å². The molecule has 2 atom stereocenters. The van der Waals surface area contributed by atoms with E-state index in [1.807, 2.05) is 12.2 Å². The maximum Gasteiger partial charge on any atom is 0.408 e. The highest BCUT2D eigenvalue weighted by Crippen LogP contribution is 2.41. The van der Waals surface area contributed by atoms with E-state index in [1.54, 1.807) is 0 Å². The number of hydrogen-bond acceptors (Lipinski definition) is 6. The molecule has 2 rings (SSSR count). The Kier molecular flexibility index (Phi) is 6.17. The number of allylic oxidation sites excluding steroid dienone is 1. The van der Waals surface area contributed by atoms with Crippen molar-refractivity contribution < 1.29 is 31.4 Å². The van der Waals surface area contributed by atoms with Crippen molar-refractivity contribution in [3.05, 3.63) is 11.7 Å². The van der Waals surface area contributed by atoms with Crippen LogP contribution < -0.4 is 10.6 Å². The molecule has 0 spiro atoms. The summed E-state index contributed by atoms with van der Waals surface area (Å²) in [5.74, 6) is -6.18. The van der Waals surface area contributed by atoms with Crippen LogP contribution in [0.15, 0.2) is 5.83 Å². The molecule has 0 aromatic carbocycles. The number of nitrogens with zero attached hydrogens (tertiary/aromatic N) is 3. The molecule has 1 aliphatic carbocycles. The van der Waals surface area contributed by atoms with E-state index in [9.17, 15) is 31.4 Å². The maximum absolute atomic E-state index is 14.2. The molecule has 1 heterocycles. The van der Waals surface area contributed by atoms with Gasteiger partial charge in [0, 0.05) is 18.5 Å². The van der Waals surface area contributed by atoms with Gasteiger partial charge in [-0.2, -0.15) is 28.1 Å². The number of rotatable bonds is 6. The number of aromatic nitrogens is 3. The minimum Gasteiger partial charge on any atom is -0.380 e. The third-order valence-electron chi connectivity index (χ3n) is 3.91. The van der Waals surface area contributed by atoms with E-state index in [4.69, 9.17) is 0 Å². The van der Waals surface area contributed by atoms with E-state index < -0.39 is 60.3 Å². The number of aliphatic hydroxyl groups is 1. The molecular formula is C15H19F6N5O. The summed E-state index contributed by atoms with van der Waals surface area (Å²) in [6, 6.07) is -2.01. The van der Waals surface area contributed by atoms with Gasteiger partial charge in [-0.05, 0) is 19.8 Å². The molecule has 0 amide bonds. The van der Waals surface area contributed by atoms with Crippen LogP contribution in [-0.2, 0) is 0 Å². The molecule has 1 aromatic rings. The largest absolute Gasteiger partial charge is 0.408 e. The van der Waals surface area contributed by atoms with Crippen LogP contribution in [0.3, 0.4) is 0 Å². The predicted molar refractivity (Wildman–Crippen MR) is 86.0 cm³/mol. The number of aliphatic hydroxyl groups excluding tert-OH is 1. The van der Waals surface area contributed by atoms with Crippen molar-refractivity contribution in [3.8, 4) is 0 Å². The van der Waals surface area contributed by atoms with E-state index in [2.05, 4.69) is 20.3 Å². The Balaban J connectivity index is 2.43. The van der Waals surface area contributed by atoms with Gasteiger partial charge in [0.15, 0.2) is 11.9 Å². The van der Waals surface area contributed by atoms with Crippen LogP contribution in [0.1, 0.15) is 38.9 Å². The molecular weight excluding hydrogens is 380 g/mol. The van der Waals surface area contributed by atoms with Gasteiger partial charge < -0.3 is 15.7 Å². The van der Waals surface area contributed by atoms with Crippen LogP contribution in [-0.4, -0.2) is 50.8 Å². The lowest BCUT2D eigenvalue weighted by Crippen LogP contribution is -2.37. The fourth-order valence-electron chi connectivity index (χ4n) is 2.28. The van der Waals surface area contributed by atoms with E-state index in [0.29, 0.717) is 13.0 Å². The van der Waals surface area contributed by atoms with Crippen LogP contribution in [0, 0.1) is 0 Å². The van der Waals surface area contributed by atoms with Gasteiger partial charge in [0.05, 0.1) is 0 Å². The van der Waals surface area contributed by atoms with Gasteiger partial charge in [-0.25, -0.2) is 13.2 Å². The SMILES string of the molecule is CCCNc1nc(N[C@H](C)C(F)(F)F)nc(C2=C(F)[C@@H](O)C(F)(F)CC2)n1. The van der Waals surface area contributed by atoms with Gasteiger partial charge >= 0.3 is 6.18 Å². The Labute approximate surface area is 151 Å². The molecule has 0 saturated carbocycles.